The number of aromatic nitrogens is 1. The summed E-state index contributed by atoms with van der Waals surface area (Å²) in [5, 5.41) is 5.58. The second-order valence-electron chi connectivity index (χ2n) is 5.96. The van der Waals surface area contributed by atoms with E-state index in [1.54, 1.807) is 32.3 Å². The van der Waals surface area contributed by atoms with Gasteiger partial charge in [-0.05, 0) is 38.0 Å². The Morgan fingerprint density at radius 1 is 1.25 bits per heavy atom. The highest BCUT2D eigenvalue weighted by Crippen LogP contribution is 2.26. The number of nitrogens with zero attached hydrogens (tertiary/aromatic N) is 1. The van der Waals surface area contributed by atoms with Gasteiger partial charge in [-0.15, -0.1) is 22.9 Å². The molecule has 28 heavy (non-hydrogen) atoms. The van der Waals surface area contributed by atoms with Crippen LogP contribution in [0.25, 0.3) is 0 Å². The van der Waals surface area contributed by atoms with Crippen LogP contribution in [0.2, 0.25) is 10.0 Å². The van der Waals surface area contributed by atoms with Crippen LogP contribution in [0.1, 0.15) is 46.0 Å². The third kappa shape index (κ3) is 6.44. The largest absolute Gasteiger partial charge is 0.364 e. The lowest BCUT2D eigenvalue weighted by atomic mass is 9.93. The number of thiazole rings is 1. The molecule has 0 aliphatic carbocycles. The number of hydrogen-bond acceptors (Lipinski definition) is 5. The third-order valence-electron chi connectivity index (χ3n) is 4.02. The lowest BCUT2D eigenvalue weighted by Crippen LogP contribution is -2.52. The van der Waals surface area contributed by atoms with Crippen molar-refractivity contribution in [3.8, 4) is 0 Å². The lowest BCUT2D eigenvalue weighted by Gasteiger charge is -2.27. The van der Waals surface area contributed by atoms with E-state index in [1.807, 2.05) is 0 Å². The molecule has 0 saturated carbocycles. The van der Waals surface area contributed by atoms with E-state index in [0.717, 1.165) is 0 Å². The van der Waals surface area contributed by atoms with Gasteiger partial charge in [0.15, 0.2) is 10.8 Å². The van der Waals surface area contributed by atoms with Crippen LogP contribution >= 0.6 is 46.1 Å². The number of amides is 2. The van der Waals surface area contributed by atoms with Gasteiger partial charge in [0, 0.05) is 27.2 Å². The van der Waals surface area contributed by atoms with Gasteiger partial charge in [-0.1, -0.05) is 30.1 Å². The van der Waals surface area contributed by atoms with E-state index in [1.165, 1.54) is 23.5 Å². The van der Waals surface area contributed by atoms with Crippen LogP contribution in [0.3, 0.4) is 0 Å². The zero-order chi connectivity index (χ0) is 21.5. The molecule has 0 aliphatic heterocycles. The molecule has 0 fully saturated rings. The molecular formula is C18H20Cl3N3O3S. The number of halogens is 3. The van der Waals surface area contributed by atoms with Gasteiger partial charge in [-0.2, -0.15) is 0 Å². The Morgan fingerprint density at radius 3 is 2.18 bits per heavy atom. The van der Waals surface area contributed by atoms with Gasteiger partial charge in [0.1, 0.15) is 0 Å². The van der Waals surface area contributed by atoms with Gasteiger partial charge in [0.25, 0.3) is 11.8 Å². The number of rotatable bonds is 6. The fraction of sp³-hybridized carbons (Fsp3) is 0.333. The number of primary amides is 1. The Bertz CT molecular complexity index is 836. The molecule has 1 atom stereocenters. The van der Waals surface area contributed by atoms with Gasteiger partial charge in [-0.25, -0.2) is 4.98 Å². The summed E-state index contributed by atoms with van der Waals surface area (Å²) >= 11 is 18.8. The van der Waals surface area contributed by atoms with Gasteiger partial charge in [0.05, 0.1) is 11.4 Å². The van der Waals surface area contributed by atoms with E-state index in [0.29, 0.717) is 32.6 Å². The van der Waals surface area contributed by atoms with Gasteiger partial charge in [0.2, 0.25) is 0 Å². The fourth-order valence-corrected chi connectivity index (χ4v) is 3.22. The van der Waals surface area contributed by atoms with E-state index in [9.17, 15) is 14.4 Å². The molecule has 0 bridgehead atoms. The number of nitrogens with one attached hydrogen (secondary N) is 1. The molecule has 1 aromatic heterocycles. The van der Waals surface area contributed by atoms with Crippen molar-refractivity contribution in [1.29, 1.82) is 0 Å². The number of Topliss-reactive ketones (excluding diaryl/α,β-unsaturated/α-hetero) is 1. The van der Waals surface area contributed by atoms with Crippen LogP contribution in [0.15, 0.2) is 23.7 Å². The molecule has 1 heterocycles. The molecular weight excluding hydrogens is 445 g/mol. The Kier molecular flexibility index (Phi) is 9.36. The Hall–Kier alpha value is -1.67. The molecule has 0 spiro atoms. The van der Waals surface area contributed by atoms with E-state index in [4.69, 9.17) is 40.5 Å². The molecule has 1 aromatic carbocycles. The van der Waals surface area contributed by atoms with Gasteiger partial charge < -0.3 is 11.1 Å². The smallest absolute Gasteiger partial charge is 0.277 e. The molecule has 0 saturated heterocycles. The summed E-state index contributed by atoms with van der Waals surface area (Å²) in [6, 6.07) is 3.05. The van der Waals surface area contributed by atoms with Crippen LogP contribution in [0, 0.1) is 6.92 Å². The SMILES string of the molecule is CCC(C)(NC(=O)c1cc(Cl)c(C)c(Cl)c1)C(=O)CCl.NC(=O)c1nccs1. The number of carbonyl (C=O) groups is 3. The number of nitrogens with two attached hydrogens (primary N) is 1. The average molecular weight is 465 g/mol. The number of carbonyl (C=O) groups excluding carboxylic acids is 3. The number of benzene rings is 1. The molecule has 0 aliphatic rings. The van der Waals surface area contributed by atoms with Crippen LogP contribution in [0.4, 0.5) is 0 Å². The van der Waals surface area contributed by atoms with Crippen LogP contribution < -0.4 is 11.1 Å². The summed E-state index contributed by atoms with van der Waals surface area (Å²) in [6.45, 7) is 5.21. The zero-order valence-electron chi connectivity index (χ0n) is 15.5. The second-order valence-corrected chi connectivity index (χ2v) is 7.94. The molecule has 10 heteroatoms. The Labute approximate surface area is 182 Å². The topological polar surface area (TPSA) is 102 Å². The standard InChI is InChI=1S/C14H16Cl3NO2.C4H4N2OS/c1-4-14(3,12(19)7-15)18-13(20)9-5-10(16)8(2)11(17)6-9;5-3(7)4-6-1-2-8-4/h5-6H,4,7H2,1-3H3,(H,18,20);1-2H,(H2,5,7). The summed E-state index contributed by atoms with van der Waals surface area (Å²) in [4.78, 5) is 37.9. The summed E-state index contributed by atoms with van der Waals surface area (Å²) in [6.07, 6.45) is 1.99. The van der Waals surface area contributed by atoms with E-state index in [2.05, 4.69) is 10.3 Å². The average Bonchev–Trinajstić information content (AvgIpc) is 3.20. The maximum absolute atomic E-state index is 12.2. The first-order valence-electron chi connectivity index (χ1n) is 8.12. The summed E-state index contributed by atoms with van der Waals surface area (Å²) in [7, 11) is 0. The first kappa shape index (κ1) is 24.4. The van der Waals surface area contributed by atoms with Crippen LogP contribution in [-0.4, -0.2) is 34.0 Å². The third-order valence-corrected chi connectivity index (χ3v) is 5.84. The molecule has 1 unspecified atom stereocenters. The highest BCUT2D eigenvalue weighted by atomic mass is 35.5. The Morgan fingerprint density at radius 2 is 1.82 bits per heavy atom. The molecule has 2 amide bonds. The number of alkyl halides is 1. The number of ketones is 1. The molecule has 6 nitrogen and oxygen atoms in total. The predicted octanol–water partition coefficient (Wildman–Crippen LogP) is 4.25. The highest BCUT2D eigenvalue weighted by Gasteiger charge is 2.32. The van der Waals surface area contributed by atoms with Crippen LogP contribution in [-0.2, 0) is 4.79 Å². The Balaban J connectivity index is 0.000000406. The molecule has 2 aromatic rings. The van der Waals surface area contributed by atoms with Crippen molar-refractivity contribution in [3.05, 3.63) is 49.9 Å². The minimum atomic E-state index is -0.997. The second kappa shape index (κ2) is 10.8. The summed E-state index contributed by atoms with van der Waals surface area (Å²) < 4.78 is 0. The van der Waals surface area contributed by atoms with Gasteiger partial charge >= 0.3 is 0 Å². The minimum absolute atomic E-state index is 0.153. The van der Waals surface area contributed by atoms with E-state index in [-0.39, 0.29) is 11.7 Å². The summed E-state index contributed by atoms with van der Waals surface area (Å²) in [5.41, 5.74) is 4.89. The first-order chi connectivity index (χ1) is 13.1. The molecule has 3 N–H and O–H groups in total. The first-order valence-corrected chi connectivity index (χ1v) is 10.3. The van der Waals surface area contributed by atoms with E-state index >= 15 is 0 Å². The zero-order valence-corrected chi connectivity index (χ0v) is 18.6. The van der Waals surface area contributed by atoms with Crippen molar-refractivity contribution >= 4 is 63.7 Å². The monoisotopic (exact) mass is 463 g/mol. The summed E-state index contributed by atoms with van der Waals surface area (Å²) in [5.74, 6) is -1.25. The fourth-order valence-electron chi connectivity index (χ4n) is 1.95. The van der Waals surface area contributed by atoms with Crippen molar-refractivity contribution in [3.63, 3.8) is 0 Å². The lowest BCUT2D eigenvalue weighted by molar-refractivity contribution is -0.122. The van der Waals surface area contributed by atoms with E-state index < -0.39 is 17.4 Å². The normalized spacial score (nSPS) is 12.4. The van der Waals surface area contributed by atoms with Crippen molar-refractivity contribution in [2.45, 2.75) is 32.7 Å². The van der Waals surface area contributed by atoms with Crippen molar-refractivity contribution in [2.24, 2.45) is 5.73 Å². The molecule has 0 radical (unpaired) electrons. The highest BCUT2D eigenvalue weighted by molar-refractivity contribution is 7.11. The van der Waals surface area contributed by atoms with Crippen molar-refractivity contribution in [2.75, 3.05) is 5.88 Å². The quantitative estimate of drug-likeness (QED) is 0.624. The molecule has 2 rings (SSSR count). The maximum atomic E-state index is 12.2. The van der Waals surface area contributed by atoms with Crippen molar-refractivity contribution < 1.29 is 14.4 Å². The van der Waals surface area contributed by atoms with Crippen LogP contribution in [0.5, 0.6) is 0 Å². The number of hydrogen-bond donors (Lipinski definition) is 2. The maximum Gasteiger partial charge on any atom is 0.277 e. The predicted molar refractivity (Wildman–Crippen MR) is 114 cm³/mol. The van der Waals surface area contributed by atoms with Gasteiger partial charge in [-0.3, -0.25) is 14.4 Å². The minimum Gasteiger partial charge on any atom is -0.364 e. The van der Waals surface area contributed by atoms with Crippen molar-refractivity contribution in [1.82, 2.24) is 10.3 Å². The molecule has 152 valence electrons.